The molecule has 34 heavy (non-hydrogen) atoms. The quantitative estimate of drug-likeness (QED) is 0.396. The van der Waals surface area contributed by atoms with Gasteiger partial charge in [0.05, 0.1) is 16.7 Å². The number of carboxylic acids is 2. The number of carbonyl (C=O) groups is 3. The third-order valence-corrected chi connectivity index (χ3v) is 6.39. The molecule has 0 bridgehead atoms. The van der Waals surface area contributed by atoms with Crippen LogP contribution in [0.2, 0.25) is 0 Å². The predicted molar refractivity (Wildman–Crippen MR) is 129 cm³/mol. The molecule has 7 nitrogen and oxygen atoms in total. The fourth-order valence-electron chi connectivity index (χ4n) is 4.65. The number of nitrogens with zero attached hydrogens (tertiary/aromatic N) is 1. The molecule has 0 unspecified atom stereocenters. The summed E-state index contributed by atoms with van der Waals surface area (Å²) in [5.74, 6) is -2.31. The Bertz CT molecular complexity index is 1170. The lowest BCUT2D eigenvalue weighted by atomic mass is 9.92. The molecule has 1 amide bonds. The molecule has 1 aliphatic rings. The number of carboxylic acid groups (broad SMARTS) is 2. The third-order valence-electron chi connectivity index (χ3n) is 6.39. The van der Waals surface area contributed by atoms with E-state index in [-0.39, 0.29) is 16.8 Å². The van der Waals surface area contributed by atoms with Crippen LogP contribution >= 0.6 is 0 Å². The highest BCUT2D eigenvalue weighted by Crippen LogP contribution is 2.28. The average molecular weight is 461 g/mol. The Morgan fingerprint density at radius 1 is 0.853 bits per heavy atom. The van der Waals surface area contributed by atoms with Gasteiger partial charge in [0.25, 0.3) is 5.91 Å². The summed E-state index contributed by atoms with van der Waals surface area (Å²) >= 11 is 0. The molecule has 2 aromatic carbocycles. The monoisotopic (exact) mass is 460 g/mol. The summed E-state index contributed by atoms with van der Waals surface area (Å²) in [5, 5.41) is 21.1. The van der Waals surface area contributed by atoms with Crippen molar-refractivity contribution >= 4 is 23.5 Å². The fourth-order valence-corrected chi connectivity index (χ4v) is 4.65. The number of anilines is 1. The van der Waals surface area contributed by atoms with Crippen molar-refractivity contribution in [1.82, 2.24) is 4.57 Å². The molecule has 0 saturated heterocycles. The number of nitrogens with one attached hydrogen (secondary N) is 1. The molecule has 1 aromatic heterocycles. The number of hydrogen-bond acceptors (Lipinski definition) is 3. The van der Waals surface area contributed by atoms with Crippen LogP contribution in [0.15, 0.2) is 60.9 Å². The third kappa shape index (κ3) is 5.54. The highest BCUT2D eigenvalue weighted by atomic mass is 16.4. The van der Waals surface area contributed by atoms with Gasteiger partial charge in [0, 0.05) is 23.8 Å². The lowest BCUT2D eigenvalue weighted by Crippen LogP contribution is -2.13. The molecule has 1 heterocycles. The van der Waals surface area contributed by atoms with E-state index in [1.165, 1.54) is 56.2 Å². The van der Waals surface area contributed by atoms with Crippen molar-refractivity contribution in [2.75, 3.05) is 5.32 Å². The molecule has 176 valence electrons. The number of benzene rings is 2. The van der Waals surface area contributed by atoms with Crippen LogP contribution in [0, 0.1) is 5.92 Å². The van der Waals surface area contributed by atoms with Crippen LogP contribution in [0.3, 0.4) is 0 Å². The van der Waals surface area contributed by atoms with Crippen LogP contribution < -0.4 is 5.32 Å². The van der Waals surface area contributed by atoms with Crippen molar-refractivity contribution in [2.24, 2.45) is 5.92 Å². The Hall–Kier alpha value is -3.87. The standard InChI is InChI=1S/C27H28N2O5/c30-25(28-23-15-21(26(31)32)14-22(16-23)27(33)34)20-11-12-29(17-20)24-10-6-5-9-19(24)13-18-7-3-1-2-4-8-18/h5-6,9-12,14-18H,1-4,7-8,13H2,(H,28,30)(H,31,32)(H,33,34). The number of para-hydroxylation sites is 1. The Labute approximate surface area is 198 Å². The van der Waals surface area contributed by atoms with E-state index >= 15 is 0 Å². The predicted octanol–water partition coefficient (Wildman–Crippen LogP) is 5.64. The van der Waals surface area contributed by atoms with Crippen LogP contribution in [0.25, 0.3) is 5.69 Å². The molecule has 3 aromatic rings. The minimum Gasteiger partial charge on any atom is -0.478 e. The number of aromatic carboxylic acids is 2. The molecule has 1 saturated carbocycles. The smallest absolute Gasteiger partial charge is 0.335 e. The zero-order chi connectivity index (χ0) is 24.1. The van der Waals surface area contributed by atoms with Gasteiger partial charge in [-0.25, -0.2) is 9.59 Å². The molecular weight excluding hydrogens is 432 g/mol. The van der Waals surface area contributed by atoms with Crippen molar-refractivity contribution in [3.63, 3.8) is 0 Å². The van der Waals surface area contributed by atoms with Gasteiger partial charge in [0.15, 0.2) is 0 Å². The summed E-state index contributed by atoms with van der Waals surface area (Å²) < 4.78 is 1.93. The molecule has 7 heteroatoms. The zero-order valence-electron chi connectivity index (χ0n) is 18.9. The summed E-state index contributed by atoms with van der Waals surface area (Å²) in [6.45, 7) is 0. The maximum Gasteiger partial charge on any atom is 0.335 e. The topological polar surface area (TPSA) is 109 Å². The minimum absolute atomic E-state index is 0.115. The van der Waals surface area contributed by atoms with Gasteiger partial charge in [-0.15, -0.1) is 0 Å². The first-order valence-corrected chi connectivity index (χ1v) is 11.6. The molecule has 1 fully saturated rings. The number of hydrogen-bond donors (Lipinski definition) is 3. The van der Waals surface area contributed by atoms with E-state index in [4.69, 9.17) is 0 Å². The second kappa shape index (κ2) is 10.4. The molecule has 3 N–H and O–H groups in total. The summed E-state index contributed by atoms with van der Waals surface area (Å²) in [7, 11) is 0. The lowest BCUT2D eigenvalue weighted by Gasteiger charge is -2.17. The van der Waals surface area contributed by atoms with Crippen LogP contribution in [0.4, 0.5) is 5.69 Å². The lowest BCUT2D eigenvalue weighted by molar-refractivity contribution is 0.0696. The largest absolute Gasteiger partial charge is 0.478 e. The Balaban J connectivity index is 1.54. The average Bonchev–Trinajstić information content (AvgIpc) is 3.17. The Kier molecular flexibility index (Phi) is 7.11. The van der Waals surface area contributed by atoms with Crippen molar-refractivity contribution in [2.45, 2.75) is 44.9 Å². The van der Waals surface area contributed by atoms with Gasteiger partial charge in [0.1, 0.15) is 0 Å². The van der Waals surface area contributed by atoms with E-state index in [0.717, 1.165) is 18.2 Å². The molecule has 0 atom stereocenters. The number of carbonyl (C=O) groups excluding carboxylic acids is 1. The second-order valence-electron chi connectivity index (χ2n) is 8.86. The maximum absolute atomic E-state index is 12.8. The van der Waals surface area contributed by atoms with Gasteiger partial charge in [-0.2, -0.15) is 0 Å². The van der Waals surface area contributed by atoms with Crippen LogP contribution in [0.1, 0.15) is 75.2 Å². The first-order valence-electron chi connectivity index (χ1n) is 11.6. The second-order valence-corrected chi connectivity index (χ2v) is 8.86. The SMILES string of the molecule is O=C(O)c1cc(NC(=O)c2ccn(-c3ccccc3CC3CCCCCC3)c2)cc(C(=O)O)c1. The van der Waals surface area contributed by atoms with E-state index in [2.05, 4.69) is 11.4 Å². The van der Waals surface area contributed by atoms with Gasteiger partial charge in [0.2, 0.25) is 0 Å². The zero-order valence-corrected chi connectivity index (χ0v) is 18.9. The summed E-state index contributed by atoms with van der Waals surface area (Å²) in [4.78, 5) is 35.5. The van der Waals surface area contributed by atoms with Crippen molar-refractivity contribution < 1.29 is 24.6 Å². The number of aromatic nitrogens is 1. The summed E-state index contributed by atoms with van der Waals surface area (Å²) in [5.41, 5.74) is 2.37. The van der Waals surface area contributed by atoms with Gasteiger partial charge in [-0.3, -0.25) is 4.79 Å². The van der Waals surface area contributed by atoms with Crippen molar-refractivity contribution in [1.29, 1.82) is 0 Å². The molecule has 0 spiro atoms. The van der Waals surface area contributed by atoms with Crippen LogP contribution in [-0.2, 0) is 6.42 Å². The number of amides is 1. The normalized spacial score (nSPS) is 14.4. The fraction of sp³-hybridized carbons (Fsp3) is 0.296. The highest BCUT2D eigenvalue weighted by molar-refractivity contribution is 6.05. The van der Waals surface area contributed by atoms with Crippen LogP contribution in [-0.4, -0.2) is 32.6 Å². The Morgan fingerprint density at radius 2 is 1.50 bits per heavy atom. The van der Waals surface area contributed by atoms with E-state index in [1.807, 2.05) is 29.0 Å². The van der Waals surface area contributed by atoms with Gasteiger partial charge in [-0.05, 0) is 48.2 Å². The first kappa shape index (κ1) is 23.3. The van der Waals surface area contributed by atoms with Gasteiger partial charge >= 0.3 is 11.9 Å². The minimum atomic E-state index is -1.27. The van der Waals surface area contributed by atoms with Crippen molar-refractivity contribution in [3.8, 4) is 5.69 Å². The first-order chi connectivity index (χ1) is 16.4. The highest BCUT2D eigenvalue weighted by Gasteiger charge is 2.17. The van der Waals surface area contributed by atoms with Gasteiger partial charge in [-0.1, -0.05) is 56.7 Å². The molecule has 4 rings (SSSR count). The van der Waals surface area contributed by atoms with Gasteiger partial charge < -0.3 is 20.1 Å². The molecule has 0 aliphatic heterocycles. The Morgan fingerprint density at radius 3 is 2.15 bits per heavy atom. The van der Waals surface area contributed by atoms with Crippen molar-refractivity contribution in [3.05, 3.63) is 83.2 Å². The van der Waals surface area contributed by atoms with E-state index in [1.54, 1.807) is 12.3 Å². The summed E-state index contributed by atoms with van der Waals surface area (Å²) in [6.07, 6.45) is 12.3. The maximum atomic E-state index is 12.8. The van der Waals surface area contributed by atoms with Crippen LogP contribution in [0.5, 0.6) is 0 Å². The molecular formula is C27H28N2O5. The molecule has 1 aliphatic carbocycles. The van der Waals surface area contributed by atoms with E-state index in [9.17, 15) is 24.6 Å². The summed E-state index contributed by atoms with van der Waals surface area (Å²) in [6, 6.07) is 13.4. The van der Waals surface area contributed by atoms with E-state index < -0.39 is 17.8 Å². The van der Waals surface area contributed by atoms with E-state index in [0.29, 0.717) is 11.5 Å². The number of rotatable bonds is 7. The molecule has 0 radical (unpaired) electrons.